The van der Waals surface area contributed by atoms with Crippen LogP contribution in [0.25, 0.3) is 0 Å². The Morgan fingerprint density at radius 2 is 2.11 bits per heavy atom. The fourth-order valence-corrected chi connectivity index (χ4v) is 2.09. The highest BCUT2D eigenvalue weighted by Crippen LogP contribution is 2.22. The van der Waals surface area contributed by atoms with E-state index < -0.39 is 18.3 Å². The van der Waals surface area contributed by atoms with E-state index in [0.717, 1.165) is 6.29 Å². The molecule has 19 heavy (non-hydrogen) atoms. The first kappa shape index (κ1) is 14.0. The van der Waals surface area contributed by atoms with Crippen LogP contribution in [0, 0.1) is 5.92 Å². The van der Waals surface area contributed by atoms with E-state index in [1.54, 1.807) is 24.3 Å². The Balaban J connectivity index is 1.85. The number of benzene rings is 1. The first-order valence-electron chi connectivity index (χ1n) is 6.27. The molecule has 2 rings (SSSR count). The van der Waals surface area contributed by atoms with Gasteiger partial charge < -0.3 is 19.7 Å². The van der Waals surface area contributed by atoms with Gasteiger partial charge in [0.2, 0.25) is 0 Å². The molecule has 0 aliphatic carbocycles. The molecule has 1 aliphatic heterocycles. The van der Waals surface area contributed by atoms with Crippen molar-refractivity contribution in [2.45, 2.75) is 25.2 Å². The molecule has 1 unspecified atom stereocenters. The van der Waals surface area contributed by atoms with E-state index in [0.29, 0.717) is 17.9 Å². The SMILES string of the molecule is CC(COc1ccc(C=O)cc1)[C@@H]1OC[C@@H](O)[C@H]1O. The number of rotatable bonds is 5. The second-order valence-electron chi connectivity index (χ2n) is 4.83. The van der Waals surface area contributed by atoms with Crippen molar-refractivity contribution < 1.29 is 24.5 Å². The molecule has 1 aliphatic rings. The van der Waals surface area contributed by atoms with Crippen LogP contribution in [0.15, 0.2) is 24.3 Å². The lowest BCUT2D eigenvalue weighted by molar-refractivity contribution is -0.0150. The first-order valence-corrected chi connectivity index (χ1v) is 6.27. The smallest absolute Gasteiger partial charge is 0.150 e. The van der Waals surface area contributed by atoms with E-state index in [1.807, 2.05) is 6.92 Å². The van der Waals surface area contributed by atoms with Crippen molar-refractivity contribution in [1.82, 2.24) is 0 Å². The fourth-order valence-electron chi connectivity index (χ4n) is 2.09. The summed E-state index contributed by atoms with van der Waals surface area (Å²) in [5.41, 5.74) is 0.595. The summed E-state index contributed by atoms with van der Waals surface area (Å²) >= 11 is 0. The minimum atomic E-state index is -0.865. The van der Waals surface area contributed by atoms with Gasteiger partial charge in [-0.05, 0) is 24.3 Å². The van der Waals surface area contributed by atoms with Gasteiger partial charge in [-0.3, -0.25) is 4.79 Å². The van der Waals surface area contributed by atoms with Crippen LogP contribution < -0.4 is 4.74 Å². The quantitative estimate of drug-likeness (QED) is 0.765. The van der Waals surface area contributed by atoms with Crippen molar-refractivity contribution in [3.8, 4) is 5.75 Å². The highest BCUT2D eigenvalue weighted by Gasteiger charge is 2.38. The van der Waals surface area contributed by atoms with E-state index in [4.69, 9.17) is 9.47 Å². The third-order valence-electron chi connectivity index (χ3n) is 3.28. The second-order valence-corrected chi connectivity index (χ2v) is 4.83. The number of ether oxygens (including phenoxy) is 2. The summed E-state index contributed by atoms with van der Waals surface area (Å²) in [5.74, 6) is 0.614. The van der Waals surface area contributed by atoms with Gasteiger partial charge in [-0.2, -0.15) is 0 Å². The molecule has 1 aromatic carbocycles. The lowest BCUT2D eigenvalue weighted by Gasteiger charge is -2.22. The van der Waals surface area contributed by atoms with Gasteiger partial charge in [0.05, 0.1) is 19.3 Å². The van der Waals surface area contributed by atoms with Gasteiger partial charge in [0.1, 0.15) is 24.2 Å². The number of hydrogen-bond donors (Lipinski definition) is 2. The third kappa shape index (κ3) is 3.32. The maximum atomic E-state index is 10.5. The predicted molar refractivity (Wildman–Crippen MR) is 68.2 cm³/mol. The molecular weight excluding hydrogens is 248 g/mol. The number of carbonyl (C=O) groups excluding carboxylic acids is 1. The first-order chi connectivity index (χ1) is 9.11. The van der Waals surface area contributed by atoms with Gasteiger partial charge in [0.25, 0.3) is 0 Å². The Bertz CT molecular complexity index is 416. The highest BCUT2D eigenvalue weighted by atomic mass is 16.5. The summed E-state index contributed by atoms with van der Waals surface area (Å²) in [7, 11) is 0. The normalized spacial score (nSPS) is 28.1. The molecule has 0 saturated carbocycles. The van der Waals surface area contributed by atoms with Gasteiger partial charge in [-0.1, -0.05) is 6.92 Å². The zero-order valence-electron chi connectivity index (χ0n) is 10.7. The number of aliphatic hydroxyl groups excluding tert-OH is 2. The largest absolute Gasteiger partial charge is 0.493 e. The molecule has 2 N–H and O–H groups in total. The fraction of sp³-hybridized carbons (Fsp3) is 0.500. The lowest BCUT2D eigenvalue weighted by Crippen LogP contribution is -2.36. The van der Waals surface area contributed by atoms with E-state index in [2.05, 4.69) is 0 Å². The van der Waals surface area contributed by atoms with Crippen molar-refractivity contribution in [2.24, 2.45) is 5.92 Å². The molecule has 104 valence electrons. The van der Waals surface area contributed by atoms with E-state index in [9.17, 15) is 15.0 Å². The van der Waals surface area contributed by atoms with Gasteiger partial charge >= 0.3 is 0 Å². The molecule has 0 amide bonds. The monoisotopic (exact) mass is 266 g/mol. The van der Waals surface area contributed by atoms with E-state index >= 15 is 0 Å². The van der Waals surface area contributed by atoms with Gasteiger partial charge in [0, 0.05) is 11.5 Å². The van der Waals surface area contributed by atoms with Crippen LogP contribution >= 0.6 is 0 Å². The van der Waals surface area contributed by atoms with Crippen LogP contribution in [0.5, 0.6) is 5.75 Å². The van der Waals surface area contributed by atoms with E-state index in [1.165, 1.54) is 0 Å². The zero-order chi connectivity index (χ0) is 13.8. The van der Waals surface area contributed by atoms with Crippen LogP contribution in [0.4, 0.5) is 0 Å². The average molecular weight is 266 g/mol. The van der Waals surface area contributed by atoms with Gasteiger partial charge in [-0.15, -0.1) is 0 Å². The lowest BCUT2D eigenvalue weighted by atomic mass is 10.00. The molecule has 1 saturated heterocycles. The molecule has 4 atom stereocenters. The summed E-state index contributed by atoms with van der Waals surface area (Å²) in [6.45, 7) is 2.42. The van der Waals surface area contributed by atoms with Gasteiger partial charge in [0.15, 0.2) is 0 Å². The molecule has 0 radical (unpaired) electrons. The molecule has 1 fully saturated rings. The summed E-state index contributed by atoms with van der Waals surface area (Å²) in [5, 5.41) is 19.1. The van der Waals surface area contributed by atoms with Crippen molar-refractivity contribution in [1.29, 1.82) is 0 Å². The van der Waals surface area contributed by atoms with Crippen LogP contribution in [0.1, 0.15) is 17.3 Å². The second kappa shape index (κ2) is 6.14. The Morgan fingerprint density at radius 3 is 2.63 bits per heavy atom. The van der Waals surface area contributed by atoms with Crippen LogP contribution in [0.3, 0.4) is 0 Å². The third-order valence-corrected chi connectivity index (χ3v) is 3.28. The van der Waals surface area contributed by atoms with Crippen LogP contribution in [-0.4, -0.2) is 48.0 Å². The summed E-state index contributed by atoms with van der Waals surface area (Å²) in [6, 6.07) is 6.80. The molecule has 5 nitrogen and oxygen atoms in total. The standard InChI is InChI=1S/C14H18O5/c1-9(14-13(17)12(16)8-19-14)7-18-11-4-2-10(6-15)3-5-11/h2-6,9,12-14,16-17H,7-8H2,1H3/t9?,12-,13-,14+/m1/s1. The van der Waals surface area contributed by atoms with E-state index in [-0.39, 0.29) is 12.5 Å². The molecular formula is C14H18O5. The summed E-state index contributed by atoms with van der Waals surface area (Å²) in [4.78, 5) is 10.5. The Morgan fingerprint density at radius 1 is 1.42 bits per heavy atom. The van der Waals surface area contributed by atoms with Crippen molar-refractivity contribution in [3.63, 3.8) is 0 Å². The highest BCUT2D eigenvalue weighted by molar-refractivity contribution is 5.74. The molecule has 0 spiro atoms. The Labute approximate surface area is 111 Å². The molecule has 5 heteroatoms. The minimum absolute atomic E-state index is 0.0436. The zero-order valence-corrected chi connectivity index (χ0v) is 10.7. The minimum Gasteiger partial charge on any atom is -0.493 e. The molecule has 0 bridgehead atoms. The number of aliphatic hydroxyl groups is 2. The number of hydrogen-bond acceptors (Lipinski definition) is 5. The van der Waals surface area contributed by atoms with Crippen molar-refractivity contribution >= 4 is 6.29 Å². The molecule has 0 aromatic heterocycles. The molecule has 1 aromatic rings. The van der Waals surface area contributed by atoms with Crippen LogP contribution in [0.2, 0.25) is 0 Å². The Hall–Kier alpha value is -1.43. The van der Waals surface area contributed by atoms with Crippen LogP contribution in [-0.2, 0) is 4.74 Å². The van der Waals surface area contributed by atoms with Crippen molar-refractivity contribution in [2.75, 3.05) is 13.2 Å². The van der Waals surface area contributed by atoms with Gasteiger partial charge in [-0.25, -0.2) is 0 Å². The van der Waals surface area contributed by atoms with Crippen molar-refractivity contribution in [3.05, 3.63) is 29.8 Å². The summed E-state index contributed by atoms with van der Waals surface area (Å²) in [6.07, 6.45) is -1.32. The maximum Gasteiger partial charge on any atom is 0.150 e. The Kier molecular flexibility index (Phi) is 4.52. The number of carbonyl (C=O) groups is 1. The maximum absolute atomic E-state index is 10.5. The summed E-state index contributed by atoms with van der Waals surface area (Å²) < 4.78 is 10.9. The average Bonchev–Trinajstić information content (AvgIpc) is 2.77. The topological polar surface area (TPSA) is 76.0 Å². The molecule has 1 heterocycles. The number of aldehydes is 1. The predicted octanol–water partition coefficient (Wildman–Crippen LogP) is 0.635.